The first kappa shape index (κ1) is 12.3. The molecule has 0 aliphatic carbocycles. The van der Waals surface area contributed by atoms with Crippen LogP contribution >= 0.6 is 0 Å². The van der Waals surface area contributed by atoms with Gasteiger partial charge in [-0.2, -0.15) is 5.10 Å². The van der Waals surface area contributed by atoms with E-state index in [-0.39, 0.29) is 6.42 Å². The minimum atomic E-state index is -0.945. The smallest absolute Gasteiger partial charge is 0.307 e. The predicted molar refractivity (Wildman–Crippen MR) is 71.9 cm³/mol. The van der Waals surface area contributed by atoms with Crippen LogP contribution in [0.1, 0.15) is 5.56 Å². The van der Waals surface area contributed by atoms with Crippen molar-refractivity contribution >= 4 is 11.5 Å². The lowest BCUT2D eigenvalue weighted by molar-refractivity contribution is -0.136. The Labute approximate surface area is 114 Å². The summed E-state index contributed by atoms with van der Waals surface area (Å²) in [4.78, 5) is 10.8. The molecule has 3 aromatic rings. The fourth-order valence-corrected chi connectivity index (χ4v) is 2.21. The van der Waals surface area contributed by atoms with Crippen molar-refractivity contribution in [1.82, 2.24) is 9.61 Å². The first-order valence-corrected chi connectivity index (χ1v) is 6.08. The molecule has 1 N–H and O–H groups in total. The van der Waals surface area contributed by atoms with E-state index in [1.54, 1.807) is 22.8 Å². The number of pyridine rings is 1. The van der Waals surface area contributed by atoms with Gasteiger partial charge in [0, 0.05) is 5.56 Å². The highest BCUT2D eigenvalue weighted by molar-refractivity contribution is 5.72. The van der Waals surface area contributed by atoms with Gasteiger partial charge >= 0.3 is 5.97 Å². The lowest BCUT2D eigenvalue weighted by Gasteiger charge is -2.08. The fraction of sp³-hybridized carbons (Fsp3) is 0.0667. The number of carbonyl (C=O) groups is 1. The van der Waals surface area contributed by atoms with Crippen molar-refractivity contribution in [3.63, 3.8) is 0 Å². The number of aromatic nitrogens is 2. The molecule has 0 saturated heterocycles. The molecular weight excluding hydrogens is 259 g/mol. The summed E-state index contributed by atoms with van der Waals surface area (Å²) in [7, 11) is 0. The average molecular weight is 270 g/mol. The van der Waals surface area contributed by atoms with Crippen LogP contribution in [0.2, 0.25) is 0 Å². The van der Waals surface area contributed by atoms with Crippen LogP contribution in [-0.4, -0.2) is 20.7 Å². The molecule has 0 amide bonds. The third-order valence-corrected chi connectivity index (χ3v) is 3.08. The summed E-state index contributed by atoms with van der Waals surface area (Å²) >= 11 is 0. The number of benzene rings is 1. The third-order valence-electron chi connectivity index (χ3n) is 3.08. The van der Waals surface area contributed by atoms with Crippen LogP contribution in [0.4, 0.5) is 4.39 Å². The molecule has 0 atom stereocenters. The number of hydrogen-bond donors (Lipinski definition) is 1. The molecule has 3 rings (SSSR count). The van der Waals surface area contributed by atoms with E-state index in [0.29, 0.717) is 16.8 Å². The van der Waals surface area contributed by atoms with E-state index >= 15 is 0 Å². The van der Waals surface area contributed by atoms with Crippen LogP contribution in [0.15, 0.2) is 48.7 Å². The number of halogens is 1. The topological polar surface area (TPSA) is 54.6 Å². The van der Waals surface area contributed by atoms with Crippen molar-refractivity contribution < 1.29 is 14.3 Å². The Morgan fingerprint density at radius 3 is 2.90 bits per heavy atom. The molecule has 2 heterocycles. The second-order valence-electron chi connectivity index (χ2n) is 4.46. The maximum atomic E-state index is 14.0. The quantitative estimate of drug-likeness (QED) is 0.796. The molecule has 0 radical (unpaired) electrons. The van der Waals surface area contributed by atoms with Crippen molar-refractivity contribution in [2.24, 2.45) is 0 Å². The lowest BCUT2D eigenvalue weighted by Crippen LogP contribution is -2.02. The summed E-state index contributed by atoms with van der Waals surface area (Å²) in [5, 5.41) is 13.0. The van der Waals surface area contributed by atoms with Gasteiger partial charge in [-0.05, 0) is 35.9 Å². The number of aliphatic carboxylic acids is 1. The maximum absolute atomic E-state index is 14.0. The maximum Gasteiger partial charge on any atom is 0.307 e. The Morgan fingerprint density at radius 1 is 1.25 bits per heavy atom. The molecule has 0 saturated carbocycles. The average Bonchev–Trinajstić information content (AvgIpc) is 2.88. The summed E-state index contributed by atoms with van der Waals surface area (Å²) in [6, 6.07) is 11.6. The summed E-state index contributed by atoms with van der Waals surface area (Å²) in [6.45, 7) is 0. The second kappa shape index (κ2) is 4.77. The van der Waals surface area contributed by atoms with E-state index in [1.807, 2.05) is 18.2 Å². The van der Waals surface area contributed by atoms with E-state index in [2.05, 4.69) is 5.10 Å². The number of rotatable bonds is 3. The summed E-state index contributed by atoms with van der Waals surface area (Å²) in [5.41, 5.74) is 2.35. The normalized spacial score (nSPS) is 10.8. The number of fused-ring (bicyclic) bond motifs is 1. The fourth-order valence-electron chi connectivity index (χ4n) is 2.21. The van der Waals surface area contributed by atoms with Crippen molar-refractivity contribution in [2.75, 3.05) is 0 Å². The monoisotopic (exact) mass is 270 g/mol. The van der Waals surface area contributed by atoms with Gasteiger partial charge in [-0.3, -0.25) is 4.79 Å². The van der Waals surface area contributed by atoms with Crippen LogP contribution in [0, 0.1) is 5.82 Å². The molecular formula is C15H11FN2O2. The number of hydrogen-bond acceptors (Lipinski definition) is 2. The van der Waals surface area contributed by atoms with Gasteiger partial charge < -0.3 is 5.11 Å². The zero-order valence-corrected chi connectivity index (χ0v) is 10.5. The van der Waals surface area contributed by atoms with Crippen molar-refractivity contribution in [3.8, 4) is 11.3 Å². The highest BCUT2D eigenvalue weighted by Gasteiger charge is 2.11. The van der Waals surface area contributed by atoms with Gasteiger partial charge in [0.25, 0.3) is 0 Å². The molecule has 0 fully saturated rings. The zero-order chi connectivity index (χ0) is 14.1. The first-order valence-electron chi connectivity index (χ1n) is 6.08. The van der Waals surface area contributed by atoms with Gasteiger partial charge in [-0.15, -0.1) is 0 Å². The minimum Gasteiger partial charge on any atom is -0.481 e. The van der Waals surface area contributed by atoms with Gasteiger partial charge in [0.1, 0.15) is 5.82 Å². The SMILES string of the molecule is O=C(O)Cc1ccc(F)c(-c2cccc3ccnn23)c1. The molecule has 0 unspecified atom stereocenters. The number of nitrogens with zero attached hydrogens (tertiary/aromatic N) is 2. The van der Waals surface area contributed by atoms with Gasteiger partial charge in [0.15, 0.2) is 0 Å². The second-order valence-corrected chi connectivity index (χ2v) is 4.46. The predicted octanol–water partition coefficient (Wildman–Crippen LogP) is 2.77. The Kier molecular flexibility index (Phi) is 2.95. The number of carboxylic acids is 1. The standard InChI is InChI=1S/C15H11FN2O2/c16-13-5-4-10(9-15(19)20)8-12(13)14-3-1-2-11-6-7-17-18(11)14/h1-8H,9H2,(H,19,20). The van der Waals surface area contributed by atoms with Gasteiger partial charge in [-0.1, -0.05) is 12.1 Å². The Balaban J connectivity index is 2.18. The largest absolute Gasteiger partial charge is 0.481 e. The highest BCUT2D eigenvalue weighted by atomic mass is 19.1. The molecule has 0 aliphatic rings. The van der Waals surface area contributed by atoms with E-state index in [0.717, 1.165) is 5.52 Å². The Hall–Kier alpha value is -2.69. The highest BCUT2D eigenvalue weighted by Crippen LogP contribution is 2.25. The van der Waals surface area contributed by atoms with Crippen LogP contribution in [0.5, 0.6) is 0 Å². The molecule has 0 spiro atoms. The Morgan fingerprint density at radius 2 is 2.10 bits per heavy atom. The van der Waals surface area contributed by atoms with Crippen LogP contribution in [0.3, 0.4) is 0 Å². The molecule has 100 valence electrons. The van der Waals surface area contributed by atoms with Crippen molar-refractivity contribution in [1.29, 1.82) is 0 Å². The van der Waals surface area contributed by atoms with E-state index in [9.17, 15) is 9.18 Å². The van der Waals surface area contributed by atoms with Crippen LogP contribution < -0.4 is 0 Å². The third kappa shape index (κ3) is 2.14. The molecule has 0 aliphatic heterocycles. The van der Waals surface area contributed by atoms with Gasteiger partial charge in [-0.25, -0.2) is 8.91 Å². The van der Waals surface area contributed by atoms with Gasteiger partial charge in [0.05, 0.1) is 23.8 Å². The summed E-state index contributed by atoms with van der Waals surface area (Å²) in [5.74, 6) is -1.35. The zero-order valence-electron chi connectivity index (χ0n) is 10.5. The summed E-state index contributed by atoms with van der Waals surface area (Å²) in [6.07, 6.45) is 1.50. The number of carboxylic acid groups (broad SMARTS) is 1. The minimum absolute atomic E-state index is 0.137. The molecule has 20 heavy (non-hydrogen) atoms. The lowest BCUT2D eigenvalue weighted by atomic mass is 10.0. The molecule has 4 nitrogen and oxygen atoms in total. The van der Waals surface area contributed by atoms with E-state index < -0.39 is 11.8 Å². The van der Waals surface area contributed by atoms with Crippen molar-refractivity contribution in [2.45, 2.75) is 6.42 Å². The molecule has 1 aromatic carbocycles. The van der Waals surface area contributed by atoms with Crippen molar-refractivity contribution in [3.05, 3.63) is 60.0 Å². The molecule has 2 aromatic heterocycles. The van der Waals surface area contributed by atoms with E-state index in [4.69, 9.17) is 5.11 Å². The van der Waals surface area contributed by atoms with Gasteiger partial charge in [0.2, 0.25) is 0 Å². The molecule has 5 heteroatoms. The van der Waals surface area contributed by atoms with E-state index in [1.165, 1.54) is 12.1 Å². The van der Waals surface area contributed by atoms with Crippen LogP contribution in [-0.2, 0) is 11.2 Å². The Bertz CT molecular complexity index is 795. The summed E-state index contributed by atoms with van der Waals surface area (Å²) < 4.78 is 15.7. The molecule has 0 bridgehead atoms. The first-order chi connectivity index (χ1) is 9.65. The van der Waals surface area contributed by atoms with Crippen LogP contribution in [0.25, 0.3) is 16.8 Å².